The number of halogens is 1. The van der Waals surface area contributed by atoms with Crippen LogP contribution < -0.4 is 15.4 Å². The molecule has 4 aromatic rings. The van der Waals surface area contributed by atoms with Crippen LogP contribution in [0.3, 0.4) is 0 Å². The Morgan fingerprint density at radius 2 is 1.73 bits per heavy atom. The predicted molar refractivity (Wildman–Crippen MR) is 190 cm³/mol. The topological polar surface area (TPSA) is 116 Å². The zero-order valence-electron chi connectivity index (χ0n) is 29.5. The number of aryl methyl sites for hydroxylation is 2. The molecular weight excluding hydrogens is 621 g/mol. The fraction of sp³-hybridized carbons (Fsp3) is 0.462. The van der Waals surface area contributed by atoms with Crippen molar-refractivity contribution in [3.05, 3.63) is 82.4 Å². The molecule has 2 aromatic heterocycles. The minimum absolute atomic E-state index is 0.163. The van der Waals surface area contributed by atoms with Crippen molar-refractivity contribution < 1.29 is 23.8 Å². The summed E-state index contributed by atoms with van der Waals surface area (Å²) in [5.74, 6) is 0.492. The Labute approximate surface area is 288 Å². The van der Waals surface area contributed by atoms with Crippen LogP contribution in [0.5, 0.6) is 5.75 Å². The van der Waals surface area contributed by atoms with E-state index in [1.54, 1.807) is 16.8 Å². The molecule has 1 aliphatic carbocycles. The normalized spacial score (nSPS) is 16.4. The van der Waals surface area contributed by atoms with Crippen molar-refractivity contribution in [3.63, 3.8) is 0 Å². The number of piperidine rings is 1. The number of pyridine rings is 1. The summed E-state index contributed by atoms with van der Waals surface area (Å²) < 4.78 is 27.5. The van der Waals surface area contributed by atoms with Crippen molar-refractivity contribution in [1.29, 1.82) is 0 Å². The van der Waals surface area contributed by atoms with Crippen LogP contribution in [0.2, 0.25) is 0 Å². The molecule has 0 saturated carbocycles. The second-order valence-electron chi connectivity index (χ2n) is 15.1. The highest BCUT2D eigenvalue weighted by molar-refractivity contribution is 5.91. The number of nitrogens with two attached hydrogens (primary N) is 1. The first-order valence-corrected chi connectivity index (χ1v) is 17.2. The molecule has 9 nitrogen and oxygen atoms in total. The van der Waals surface area contributed by atoms with E-state index >= 15 is 0 Å². The average Bonchev–Trinajstić information content (AvgIpc) is 3.63. The van der Waals surface area contributed by atoms with Crippen molar-refractivity contribution >= 4 is 17.5 Å². The molecule has 3 N–H and O–H groups in total. The number of carboxylic acids is 1. The number of carboxylic acid groups (broad SMARTS) is 1. The van der Waals surface area contributed by atoms with Gasteiger partial charge < -0.3 is 25.2 Å². The Kier molecular flexibility index (Phi) is 9.46. The Bertz CT molecular complexity index is 1820. The van der Waals surface area contributed by atoms with Crippen molar-refractivity contribution in [2.45, 2.75) is 91.8 Å². The molecule has 1 fully saturated rings. The highest BCUT2D eigenvalue weighted by Gasteiger charge is 2.38. The lowest BCUT2D eigenvalue weighted by Crippen LogP contribution is -2.39. The van der Waals surface area contributed by atoms with Crippen LogP contribution in [0.25, 0.3) is 16.9 Å². The van der Waals surface area contributed by atoms with Crippen molar-refractivity contribution in [2.24, 2.45) is 5.41 Å². The van der Waals surface area contributed by atoms with Crippen LogP contribution >= 0.6 is 0 Å². The fourth-order valence-electron chi connectivity index (χ4n) is 6.90. The van der Waals surface area contributed by atoms with E-state index in [0.29, 0.717) is 41.7 Å². The summed E-state index contributed by atoms with van der Waals surface area (Å²) in [5.41, 5.74) is 12.8. The van der Waals surface area contributed by atoms with Gasteiger partial charge in [-0.2, -0.15) is 9.78 Å². The molecule has 1 aliphatic heterocycles. The number of hydrogen-bond donors (Lipinski definition) is 2. The maximum atomic E-state index is 13.3. The second kappa shape index (κ2) is 13.5. The van der Waals surface area contributed by atoms with Crippen LogP contribution in [0.1, 0.15) is 88.1 Å². The maximum Gasteiger partial charge on any atom is 0.337 e. The molecule has 3 heterocycles. The standard InChI is InChI=1S/C39H48FN5O4/c1-24-31(34(37(46)47)49-38(2,3)4)33(44-21-19-39(5,6)20-22-44)32(36(42-24)45-35(41)29-8-7-9-30(29)43-45)26-12-16-28(17-13-26)48-23-18-25-10-14-27(40)15-11-25/h10-17,34H,7-9,18-23,41H2,1-6H3,(H,46,47)/t34-/m0/s1. The maximum absolute atomic E-state index is 13.3. The monoisotopic (exact) mass is 669 g/mol. The van der Waals surface area contributed by atoms with Gasteiger partial charge >= 0.3 is 5.97 Å². The van der Waals surface area contributed by atoms with Crippen LogP contribution in [-0.4, -0.2) is 51.1 Å². The van der Waals surface area contributed by atoms with Crippen molar-refractivity contribution in [1.82, 2.24) is 14.8 Å². The van der Waals surface area contributed by atoms with E-state index in [1.165, 1.54) is 12.1 Å². The molecule has 2 aliphatic rings. The van der Waals surface area contributed by atoms with Gasteiger partial charge in [-0.05, 0) is 101 Å². The molecule has 0 unspecified atom stereocenters. The molecule has 10 heteroatoms. The summed E-state index contributed by atoms with van der Waals surface area (Å²) in [6, 6.07) is 14.2. The first-order chi connectivity index (χ1) is 23.2. The van der Waals surface area contributed by atoms with Crippen molar-refractivity contribution in [2.75, 3.05) is 30.3 Å². The molecule has 1 atom stereocenters. The second-order valence-corrected chi connectivity index (χ2v) is 15.1. The average molecular weight is 670 g/mol. The number of hydrogen-bond acceptors (Lipinski definition) is 7. The van der Waals surface area contributed by atoms with Gasteiger partial charge in [0.15, 0.2) is 11.9 Å². The van der Waals surface area contributed by atoms with Gasteiger partial charge in [0.25, 0.3) is 0 Å². The summed E-state index contributed by atoms with van der Waals surface area (Å²) in [6.45, 7) is 13.9. The SMILES string of the molecule is Cc1nc(-n2nc3c(c2N)CCC3)c(-c2ccc(OCCc3ccc(F)cc3)cc2)c(N2CCC(C)(C)CC2)c1[C@H](OC(C)(C)C)C(=O)O. The van der Waals surface area contributed by atoms with E-state index in [9.17, 15) is 14.3 Å². The smallest absolute Gasteiger partial charge is 0.337 e. The molecule has 1 saturated heterocycles. The summed E-state index contributed by atoms with van der Waals surface area (Å²) in [5, 5.41) is 15.6. The largest absolute Gasteiger partial charge is 0.493 e. The lowest BCUT2D eigenvalue weighted by molar-refractivity contribution is -0.160. The number of aromatic nitrogens is 3. The number of rotatable bonds is 10. The zero-order valence-corrected chi connectivity index (χ0v) is 29.5. The number of ether oxygens (including phenoxy) is 2. The molecule has 2 aromatic carbocycles. The Morgan fingerprint density at radius 3 is 2.35 bits per heavy atom. The lowest BCUT2D eigenvalue weighted by Gasteiger charge is -2.41. The van der Waals surface area contributed by atoms with E-state index in [2.05, 4.69) is 18.7 Å². The lowest BCUT2D eigenvalue weighted by atomic mass is 9.82. The van der Waals surface area contributed by atoms with Gasteiger partial charge in [-0.15, -0.1) is 0 Å². The molecule has 0 radical (unpaired) electrons. The van der Waals surface area contributed by atoms with Gasteiger partial charge in [-0.3, -0.25) is 0 Å². The zero-order chi connectivity index (χ0) is 35.1. The fourth-order valence-corrected chi connectivity index (χ4v) is 6.90. The van der Waals surface area contributed by atoms with Gasteiger partial charge in [0, 0.05) is 36.3 Å². The Morgan fingerprint density at radius 1 is 1.06 bits per heavy atom. The summed E-state index contributed by atoms with van der Waals surface area (Å²) in [7, 11) is 0. The van der Waals surface area contributed by atoms with E-state index in [0.717, 1.165) is 78.8 Å². The third kappa shape index (κ3) is 7.44. The molecule has 0 spiro atoms. The van der Waals surface area contributed by atoms with Crippen LogP contribution in [0.15, 0.2) is 48.5 Å². The third-order valence-electron chi connectivity index (χ3n) is 9.63. The third-order valence-corrected chi connectivity index (χ3v) is 9.63. The molecular formula is C39H48FN5O4. The Balaban J connectivity index is 1.50. The minimum Gasteiger partial charge on any atom is -0.493 e. The van der Waals surface area contributed by atoms with Gasteiger partial charge in [-0.1, -0.05) is 38.1 Å². The molecule has 260 valence electrons. The van der Waals surface area contributed by atoms with Crippen molar-refractivity contribution in [3.8, 4) is 22.7 Å². The number of carbonyl (C=O) groups is 1. The molecule has 6 rings (SSSR count). The Hall–Kier alpha value is -4.44. The quantitative estimate of drug-likeness (QED) is 0.177. The minimum atomic E-state index is -1.25. The number of anilines is 2. The molecule has 49 heavy (non-hydrogen) atoms. The van der Waals surface area contributed by atoms with Gasteiger partial charge in [-0.25, -0.2) is 14.2 Å². The number of aliphatic carboxylic acids is 1. The number of nitrogen functional groups attached to an aromatic ring is 1. The van der Waals surface area contributed by atoms with Crippen LogP contribution in [0.4, 0.5) is 15.9 Å². The number of fused-ring (bicyclic) bond motifs is 1. The van der Waals surface area contributed by atoms with Crippen LogP contribution in [0, 0.1) is 18.2 Å². The van der Waals surface area contributed by atoms with E-state index in [4.69, 9.17) is 25.3 Å². The van der Waals surface area contributed by atoms with Gasteiger partial charge in [0.05, 0.1) is 29.2 Å². The first-order valence-electron chi connectivity index (χ1n) is 17.2. The summed E-state index contributed by atoms with van der Waals surface area (Å²) in [4.78, 5) is 20.5. The molecule has 0 amide bonds. The van der Waals surface area contributed by atoms with E-state index in [1.807, 2.05) is 52.0 Å². The highest BCUT2D eigenvalue weighted by Crippen LogP contribution is 2.47. The summed E-state index contributed by atoms with van der Waals surface area (Å²) >= 11 is 0. The van der Waals surface area contributed by atoms with E-state index < -0.39 is 17.7 Å². The van der Waals surface area contributed by atoms with Gasteiger partial charge in [0.1, 0.15) is 17.4 Å². The van der Waals surface area contributed by atoms with Gasteiger partial charge in [0.2, 0.25) is 0 Å². The summed E-state index contributed by atoms with van der Waals surface area (Å²) in [6.07, 6.45) is 4.02. The number of nitrogens with zero attached hydrogens (tertiary/aromatic N) is 4. The first kappa shape index (κ1) is 34.4. The highest BCUT2D eigenvalue weighted by atomic mass is 19.1. The van der Waals surface area contributed by atoms with E-state index in [-0.39, 0.29) is 11.2 Å². The predicted octanol–water partition coefficient (Wildman–Crippen LogP) is 7.64. The van der Waals surface area contributed by atoms with Crippen LogP contribution in [-0.2, 0) is 28.8 Å². The molecule has 0 bridgehead atoms. The number of benzene rings is 2.